The molecule has 4 nitrogen and oxygen atoms in total. The molecule has 0 saturated carbocycles. The number of hydrogen-bond donors (Lipinski definition) is 1. The van der Waals surface area contributed by atoms with Crippen molar-refractivity contribution in [1.82, 2.24) is 14.8 Å². The zero-order valence-electron chi connectivity index (χ0n) is 11.5. The Morgan fingerprint density at radius 1 is 1.00 bits per heavy atom. The number of fused-ring (bicyclic) bond motifs is 3. The smallest absolute Gasteiger partial charge is 0.274 e. The van der Waals surface area contributed by atoms with Gasteiger partial charge in [0.05, 0.1) is 16.6 Å². The van der Waals surface area contributed by atoms with Gasteiger partial charge in [-0.05, 0) is 11.6 Å². The Morgan fingerprint density at radius 3 is 2.52 bits per heavy atom. The summed E-state index contributed by atoms with van der Waals surface area (Å²) in [6.07, 6.45) is 0. The first-order valence-corrected chi connectivity index (χ1v) is 6.78. The summed E-state index contributed by atoms with van der Waals surface area (Å²) in [5.41, 5.74) is 4.16. The molecular formula is C17H13N3O. The van der Waals surface area contributed by atoms with Gasteiger partial charge in [0, 0.05) is 12.4 Å². The van der Waals surface area contributed by atoms with Gasteiger partial charge in [-0.3, -0.25) is 4.79 Å². The summed E-state index contributed by atoms with van der Waals surface area (Å²) in [6.45, 7) is 0. The van der Waals surface area contributed by atoms with E-state index < -0.39 is 0 Å². The lowest BCUT2D eigenvalue weighted by atomic mass is 10.1. The number of nitrogens with zero attached hydrogens (tertiary/aromatic N) is 2. The number of rotatable bonds is 1. The van der Waals surface area contributed by atoms with Crippen molar-refractivity contribution >= 4 is 21.9 Å². The van der Waals surface area contributed by atoms with Crippen LogP contribution in [0.1, 0.15) is 0 Å². The fourth-order valence-corrected chi connectivity index (χ4v) is 2.92. The molecule has 1 N–H and O–H groups in total. The first-order valence-electron chi connectivity index (χ1n) is 6.78. The van der Waals surface area contributed by atoms with Crippen LogP contribution in [-0.2, 0) is 7.05 Å². The molecule has 0 aliphatic rings. The average molecular weight is 275 g/mol. The van der Waals surface area contributed by atoms with Crippen molar-refractivity contribution < 1.29 is 0 Å². The summed E-state index contributed by atoms with van der Waals surface area (Å²) < 4.78 is 2.04. The monoisotopic (exact) mass is 275 g/mol. The van der Waals surface area contributed by atoms with Gasteiger partial charge in [0.1, 0.15) is 5.52 Å². The van der Waals surface area contributed by atoms with Gasteiger partial charge in [0.2, 0.25) is 0 Å². The van der Waals surface area contributed by atoms with Gasteiger partial charge >= 0.3 is 0 Å². The van der Waals surface area contributed by atoms with Gasteiger partial charge in [0.15, 0.2) is 0 Å². The minimum atomic E-state index is -0.167. The molecule has 4 heteroatoms. The van der Waals surface area contributed by atoms with Gasteiger partial charge in [-0.1, -0.05) is 48.5 Å². The zero-order valence-corrected chi connectivity index (χ0v) is 11.5. The van der Waals surface area contributed by atoms with E-state index in [0.717, 1.165) is 27.5 Å². The number of aryl methyl sites for hydroxylation is 1. The lowest BCUT2D eigenvalue weighted by Gasteiger charge is -2.04. The molecule has 0 amide bonds. The Labute approximate surface area is 120 Å². The van der Waals surface area contributed by atoms with Crippen LogP contribution >= 0.6 is 0 Å². The van der Waals surface area contributed by atoms with Gasteiger partial charge in [-0.25, -0.2) is 5.10 Å². The predicted octanol–water partition coefficient (Wildman–Crippen LogP) is 3.08. The lowest BCUT2D eigenvalue weighted by Crippen LogP contribution is -2.12. The van der Waals surface area contributed by atoms with E-state index in [1.807, 2.05) is 66.2 Å². The van der Waals surface area contributed by atoms with E-state index in [4.69, 9.17) is 0 Å². The number of para-hydroxylation sites is 1. The van der Waals surface area contributed by atoms with Crippen LogP contribution in [0.5, 0.6) is 0 Å². The molecule has 0 unspecified atom stereocenters. The number of benzene rings is 2. The maximum Gasteiger partial charge on any atom is 0.274 e. The number of aromatic nitrogens is 3. The summed E-state index contributed by atoms with van der Waals surface area (Å²) in [6, 6.07) is 17.7. The number of aromatic amines is 1. The molecule has 0 aliphatic heterocycles. The third kappa shape index (κ3) is 1.62. The van der Waals surface area contributed by atoms with Gasteiger partial charge in [-0.15, -0.1) is 0 Å². The van der Waals surface area contributed by atoms with Crippen molar-refractivity contribution in [2.24, 2.45) is 7.05 Å². The maximum absolute atomic E-state index is 12.3. The topological polar surface area (TPSA) is 50.7 Å². The van der Waals surface area contributed by atoms with Crippen LogP contribution in [0.4, 0.5) is 0 Å². The van der Waals surface area contributed by atoms with Crippen LogP contribution in [0.3, 0.4) is 0 Å². The highest BCUT2D eigenvalue weighted by Gasteiger charge is 2.16. The van der Waals surface area contributed by atoms with Crippen molar-refractivity contribution in [1.29, 1.82) is 0 Å². The highest BCUT2D eigenvalue weighted by Crippen LogP contribution is 2.31. The van der Waals surface area contributed by atoms with E-state index in [2.05, 4.69) is 10.2 Å². The van der Waals surface area contributed by atoms with Crippen molar-refractivity contribution in [3.05, 3.63) is 65.0 Å². The molecule has 21 heavy (non-hydrogen) atoms. The Hall–Kier alpha value is -2.88. The third-order valence-corrected chi connectivity index (χ3v) is 3.88. The third-order valence-electron chi connectivity index (χ3n) is 3.88. The molecule has 0 aliphatic carbocycles. The highest BCUT2D eigenvalue weighted by atomic mass is 16.1. The molecule has 0 bridgehead atoms. The van der Waals surface area contributed by atoms with E-state index in [1.54, 1.807) is 0 Å². The van der Waals surface area contributed by atoms with E-state index in [-0.39, 0.29) is 5.56 Å². The van der Waals surface area contributed by atoms with E-state index in [0.29, 0.717) is 5.56 Å². The molecule has 4 rings (SSSR count). The normalized spacial score (nSPS) is 11.3. The quantitative estimate of drug-likeness (QED) is 0.580. The van der Waals surface area contributed by atoms with Crippen LogP contribution in [0, 0.1) is 0 Å². The van der Waals surface area contributed by atoms with E-state index >= 15 is 0 Å². The second kappa shape index (κ2) is 4.31. The lowest BCUT2D eigenvalue weighted by molar-refractivity contribution is 0.987. The first kappa shape index (κ1) is 11.9. The molecule has 2 aromatic heterocycles. The van der Waals surface area contributed by atoms with Crippen LogP contribution in [0.2, 0.25) is 0 Å². The number of hydrogen-bond acceptors (Lipinski definition) is 2. The van der Waals surface area contributed by atoms with Crippen molar-refractivity contribution in [2.75, 3.05) is 0 Å². The second-order valence-corrected chi connectivity index (χ2v) is 5.07. The average Bonchev–Trinajstić information content (AvgIpc) is 2.82. The molecule has 2 aromatic carbocycles. The predicted molar refractivity (Wildman–Crippen MR) is 84.3 cm³/mol. The van der Waals surface area contributed by atoms with E-state index in [9.17, 15) is 4.79 Å². The van der Waals surface area contributed by atoms with Gasteiger partial charge in [0.25, 0.3) is 5.56 Å². The minimum Gasteiger partial charge on any atom is -0.342 e. The summed E-state index contributed by atoms with van der Waals surface area (Å²) in [4.78, 5) is 12.3. The van der Waals surface area contributed by atoms with Crippen molar-refractivity contribution in [3.8, 4) is 11.1 Å². The van der Waals surface area contributed by atoms with Crippen LogP contribution in [0.15, 0.2) is 59.4 Å². The summed E-state index contributed by atoms with van der Waals surface area (Å²) >= 11 is 0. The van der Waals surface area contributed by atoms with Gasteiger partial charge < -0.3 is 4.57 Å². The molecule has 0 atom stereocenters. The number of H-pyrrole nitrogens is 1. The van der Waals surface area contributed by atoms with Crippen LogP contribution < -0.4 is 5.56 Å². The first-order chi connectivity index (χ1) is 10.3. The summed E-state index contributed by atoms with van der Waals surface area (Å²) in [7, 11) is 1.97. The largest absolute Gasteiger partial charge is 0.342 e. The molecule has 4 aromatic rings. The Balaban J connectivity index is 2.26. The molecule has 0 spiro atoms. The fourth-order valence-electron chi connectivity index (χ4n) is 2.92. The fraction of sp³-hybridized carbons (Fsp3) is 0.0588. The van der Waals surface area contributed by atoms with Gasteiger partial charge in [-0.2, -0.15) is 5.10 Å². The Bertz CT molecular complexity index is 1010. The Kier molecular flexibility index (Phi) is 2.44. The van der Waals surface area contributed by atoms with E-state index in [1.165, 1.54) is 0 Å². The molecule has 0 saturated heterocycles. The minimum absolute atomic E-state index is 0.167. The zero-order chi connectivity index (χ0) is 14.4. The molecular weight excluding hydrogens is 262 g/mol. The second-order valence-electron chi connectivity index (χ2n) is 5.07. The summed E-state index contributed by atoms with van der Waals surface area (Å²) in [5, 5.41) is 7.93. The summed E-state index contributed by atoms with van der Waals surface area (Å²) in [5.74, 6) is 0. The highest BCUT2D eigenvalue weighted by molar-refractivity contribution is 6.09. The molecule has 102 valence electrons. The van der Waals surface area contributed by atoms with Crippen LogP contribution in [0.25, 0.3) is 33.1 Å². The molecule has 0 fully saturated rings. The maximum atomic E-state index is 12.3. The van der Waals surface area contributed by atoms with Crippen LogP contribution in [-0.4, -0.2) is 14.8 Å². The SMILES string of the molecule is Cn1c2ccccc2c2n[nH]c(=O)c(-c3ccccc3)c21. The Morgan fingerprint density at radius 2 is 1.71 bits per heavy atom. The standard InChI is InChI=1S/C17H13N3O/c1-20-13-10-6-5-9-12(13)15-16(20)14(17(21)19-18-15)11-7-3-2-4-8-11/h2-10H,1H3,(H,19,21). The number of nitrogens with one attached hydrogen (secondary N) is 1. The molecule has 0 radical (unpaired) electrons. The van der Waals surface area contributed by atoms with Crippen molar-refractivity contribution in [3.63, 3.8) is 0 Å². The molecule has 2 heterocycles. The van der Waals surface area contributed by atoms with Crippen molar-refractivity contribution in [2.45, 2.75) is 0 Å².